The molecule has 1 aliphatic rings. The minimum absolute atomic E-state index is 0.0222. The number of carbonyl (C=O) groups is 2. The van der Waals surface area contributed by atoms with Crippen LogP contribution < -0.4 is 14.4 Å². The number of thiazole rings is 1. The van der Waals surface area contributed by atoms with Gasteiger partial charge in [0, 0.05) is 16.0 Å². The molecule has 1 atom stereocenters. The number of fused-ring (bicyclic) bond motifs is 1. The number of thiophene rings is 1. The number of ketones is 1. The fraction of sp³-hybridized carbons (Fsp3) is 0.222. The lowest BCUT2D eigenvalue weighted by Crippen LogP contribution is -2.28. The van der Waals surface area contributed by atoms with Crippen LogP contribution in [0.4, 0.5) is 5.13 Å². The van der Waals surface area contributed by atoms with Crippen molar-refractivity contribution in [3.05, 3.63) is 74.4 Å². The number of Topliss-reactive ketones (excluding diaryl/α,β-unsaturated/α-hetero) is 1. The molecule has 1 saturated heterocycles. The lowest BCUT2D eigenvalue weighted by Gasteiger charge is -2.21. The monoisotopic (exact) mass is 554 g/mol. The second-order valence-corrected chi connectivity index (χ2v) is 10.7. The van der Waals surface area contributed by atoms with Gasteiger partial charge in [-0.2, -0.15) is 0 Å². The molecule has 0 bridgehead atoms. The van der Waals surface area contributed by atoms with Gasteiger partial charge < -0.3 is 14.6 Å². The second-order valence-electron chi connectivity index (χ2n) is 8.27. The highest BCUT2D eigenvalue weighted by Crippen LogP contribution is 2.46. The van der Waals surface area contributed by atoms with Crippen LogP contribution in [-0.2, 0) is 9.59 Å². The van der Waals surface area contributed by atoms with Crippen molar-refractivity contribution in [3.63, 3.8) is 0 Å². The van der Waals surface area contributed by atoms with Crippen molar-refractivity contribution in [3.8, 4) is 11.5 Å². The highest BCUT2D eigenvalue weighted by atomic mass is 35.5. The van der Waals surface area contributed by atoms with E-state index in [1.54, 1.807) is 24.3 Å². The smallest absolute Gasteiger partial charge is 0.301 e. The van der Waals surface area contributed by atoms with Crippen molar-refractivity contribution in [2.75, 3.05) is 18.1 Å². The van der Waals surface area contributed by atoms with Crippen LogP contribution in [0, 0.1) is 6.92 Å². The zero-order valence-corrected chi connectivity index (χ0v) is 22.7. The summed E-state index contributed by atoms with van der Waals surface area (Å²) in [6.07, 6.45) is 0. The standard InChI is InChI=1S/C27H23ClN2O5S2/c1-4-34-15-8-9-16(19(12-15)35-5-2)24(31)22-23(20-7-6-10-36-20)30(26(33)25(22)32)27-29-18-13-17(28)14(3)11-21(18)37-27/h6-13,23,31H,4-5H2,1-3H3/b24-22+. The fourth-order valence-corrected chi connectivity index (χ4v) is 6.32. The Kier molecular flexibility index (Phi) is 6.94. The number of aliphatic hydroxyl groups is 1. The number of hydrogen-bond donors (Lipinski definition) is 1. The van der Waals surface area contributed by atoms with Crippen LogP contribution in [-0.4, -0.2) is 35.0 Å². The molecule has 0 spiro atoms. The molecule has 1 amide bonds. The maximum absolute atomic E-state index is 13.5. The van der Waals surface area contributed by atoms with Crippen LogP contribution in [0.5, 0.6) is 11.5 Å². The lowest BCUT2D eigenvalue weighted by atomic mass is 9.99. The van der Waals surface area contributed by atoms with Gasteiger partial charge in [-0.1, -0.05) is 29.0 Å². The number of benzene rings is 2. The third-order valence-electron chi connectivity index (χ3n) is 5.94. The van der Waals surface area contributed by atoms with E-state index in [0.29, 0.717) is 45.9 Å². The third-order valence-corrected chi connectivity index (χ3v) is 8.29. The maximum Gasteiger partial charge on any atom is 0.301 e. The summed E-state index contributed by atoms with van der Waals surface area (Å²) >= 11 is 8.97. The first-order chi connectivity index (χ1) is 17.8. The van der Waals surface area contributed by atoms with Crippen LogP contribution in [0.25, 0.3) is 16.0 Å². The van der Waals surface area contributed by atoms with E-state index in [2.05, 4.69) is 4.98 Å². The number of rotatable bonds is 7. The average molecular weight is 555 g/mol. The number of amides is 1. The first-order valence-electron chi connectivity index (χ1n) is 11.6. The van der Waals surface area contributed by atoms with Gasteiger partial charge in [0.1, 0.15) is 23.3 Å². The predicted molar refractivity (Wildman–Crippen MR) is 147 cm³/mol. The number of carbonyl (C=O) groups excluding carboxylic acids is 2. The fourth-order valence-electron chi connectivity index (χ4n) is 4.26. The molecule has 10 heteroatoms. The van der Waals surface area contributed by atoms with Crippen molar-refractivity contribution in [2.24, 2.45) is 0 Å². The Hall–Kier alpha value is -3.40. The number of hydrogen-bond acceptors (Lipinski definition) is 8. The molecular formula is C27H23ClN2O5S2. The van der Waals surface area contributed by atoms with E-state index in [4.69, 9.17) is 21.1 Å². The molecule has 1 N–H and O–H groups in total. The number of anilines is 1. The van der Waals surface area contributed by atoms with Crippen LogP contribution in [0.3, 0.4) is 0 Å². The molecule has 4 aromatic rings. The highest BCUT2D eigenvalue weighted by molar-refractivity contribution is 7.22. The molecular weight excluding hydrogens is 532 g/mol. The first kappa shape index (κ1) is 25.3. The Morgan fingerprint density at radius 1 is 1.14 bits per heavy atom. The van der Waals surface area contributed by atoms with E-state index in [0.717, 1.165) is 15.1 Å². The molecule has 0 saturated carbocycles. The van der Waals surface area contributed by atoms with Crippen molar-refractivity contribution in [2.45, 2.75) is 26.8 Å². The Morgan fingerprint density at radius 2 is 1.92 bits per heavy atom. The summed E-state index contributed by atoms with van der Waals surface area (Å²) in [6, 6.07) is 11.5. The molecule has 0 aliphatic carbocycles. The number of nitrogens with zero attached hydrogens (tertiary/aromatic N) is 2. The molecule has 3 heterocycles. The normalized spacial score (nSPS) is 17.1. The van der Waals surface area contributed by atoms with Crippen molar-refractivity contribution < 1.29 is 24.2 Å². The zero-order chi connectivity index (χ0) is 26.3. The van der Waals surface area contributed by atoms with Gasteiger partial charge in [-0.05, 0) is 62.0 Å². The first-order valence-corrected chi connectivity index (χ1v) is 13.7. The Bertz CT molecular complexity index is 1500. The summed E-state index contributed by atoms with van der Waals surface area (Å²) < 4.78 is 12.2. The van der Waals surface area contributed by atoms with Crippen molar-refractivity contribution in [1.29, 1.82) is 0 Å². The van der Waals surface area contributed by atoms with E-state index < -0.39 is 17.7 Å². The van der Waals surface area contributed by atoms with E-state index in [9.17, 15) is 14.7 Å². The van der Waals surface area contributed by atoms with Gasteiger partial charge in [0.15, 0.2) is 5.13 Å². The summed E-state index contributed by atoms with van der Waals surface area (Å²) in [4.78, 5) is 33.6. The van der Waals surface area contributed by atoms with Crippen LogP contribution in [0.15, 0.2) is 53.4 Å². The Balaban J connectivity index is 1.69. The summed E-state index contributed by atoms with van der Waals surface area (Å²) in [7, 11) is 0. The zero-order valence-electron chi connectivity index (χ0n) is 20.3. The molecule has 1 fully saturated rings. The molecule has 1 aliphatic heterocycles. The second kappa shape index (κ2) is 10.2. The minimum atomic E-state index is -0.849. The van der Waals surface area contributed by atoms with Crippen LogP contribution >= 0.6 is 34.3 Å². The van der Waals surface area contributed by atoms with E-state index >= 15 is 0 Å². The summed E-state index contributed by atoms with van der Waals surface area (Å²) in [6.45, 7) is 6.39. The lowest BCUT2D eigenvalue weighted by molar-refractivity contribution is -0.132. The van der Waals surface area contributed by atoms with Gasteiger partial charge in [-0.25, -0.2) is 4.98 Å². The summed E-state index contributed by atoms with van der Waals surface area (Å²) in [5, 5.41) is 14.3. The largest absolute Gasteiger partial charge is 0.507 e. The predicted octanol–water partition coefficient (Wildman–Crippen LogP) is 6.74. The number of halogens is 1. The number of aliphatic hydroxyl groups excluding tert-OH is 1. The van der Waals surface area contributed by atoms with Gasteiger partial charge in [-0.15, -0.1) is 11.3 Å². The van der Waals surface area contributed by atoms with Gasteiger partial charge >= 0.3 is 5.91 Å². The van der Waals surface area contributed by atoms with Crippen molar-refractivity contribution in [1.82, 2.24) is 4.98 Å². The highest BCUT2D eigenvalue weighted by Gasteiger charge is 2.49. The van der Waals surface area contributed by atoms with Gasteiger partial charge in [0.2, 0.25) is 0 Å². The molecule has 2 aromatic carbocycles. The van der Waals surface area contributed by atoms with E-state index in [-0.39, 0.29) is 11.3 Å². The molecule has 190 valence electrons. The topological polar surface area (TPSA) is 89.0 Å². The van der Waals surface area contributed by atoms with Crippen molar-refractivity contribution >= 4 is 67.1 Å². The number of ether oxygens (including phenoxy) is 2. The van der Waals surface area contributed by atoms with Gasteiger partial charge in [0.05, 0.1) is 34.6 Å². The molecule has 2 aromatic heterocycles. The number of aryl methyl sites for hydroxylation is 1. The summed E-state index contributed by atoms with van der Waals surface area (Å²) in [5.41, 5.74) is 1.80. The summed E-state index contributed by atoms with van der Waals surface area (Å²) in [5.74, 6) is -0.939. The third kappa shape index (κ3) is 4.47. The van der Waals surface area contributed by atoms with Crippen LogP contribution in [0.2, 0.25) is 5.02 Å². The SMILES string of the molecule is CCOc1ccc(/C(O)=C2\C(=O)C(=O)N(c3nc4cc(Cl)c(C)cc4s3)C2c2cccs2)c(OCC)c1. The molecule has 5 rings (SSSR count). The molecule has 1 unspecified atom stereocenters. The van der Waals surface area contributed by atoms with Gasteiger partial charge in [0.25, 0.3) is 5.78 Å². The quantitative estimate of drug-likeness (QED) is 0.154. The average Bonchev–Trinajstić information content (AvgIpc) is 3.59. The Morgan fingerprint density at radius 3 is 2.62 bits per heavy atom. The minimum Gasteiger partial charge on any atom is -0.507 e. The van der Waals surface area contributed by atoms with E-state index in [1.165, 1.54) is 27.6 Å². The number of aromatic nitrogens is 1. The maximum atomic E-state index is 13.5. The van der Waals surface area contributed by atoms with Crippen LogP contribution in [0.1, 0.15) is 35.9 Å². The Labute approximate surface area is 226 Å². The van der Waals surface area contributed by atoms with Gasteiger partial charge in [-0.3, -0.25) is 14.5 Å². The molecule has 37 heavy (non-hydrogen) atoms. The molecule has 0 radical (unpaired) electrons. The van der Waals surface area contributed by atoms with E-state index in [1.807, 2.05) is 44.4 Å². The molecule has 7 nitrogen and oxygen atoms in total.